The zero-order valence-corrected chi connectivity index (χ0v) is 18.4. The number of amides is 1. The van der Waals surface area contributed by atoms with E-state index in [0.717, 1.165) is 18.5 Å². The zero-order chi connectivity index (χ0) is 18.4. The van der Waals surface area contributed by atoms with Crippen LogP contribution in [0.25, 0.3) is 0 Å². The number of guanidine groups is 1. The van der Waals surface area contributed by atoms with Gasteiger partial charge in [0.15, 0.2) is 5.96 Å². The fourth-order valence-electron chi connectivity index (χ4n) is 2.96. The number of halogens is 2. The van der Waals surface area contributed by atoms with Crippen LogP contribution in [-0.2, 0) is 24.3 Å². The Morgan fingerprint density at radius 1 is 1.33 bits per heavy atom. The Kier molecular flexibility index (Phi) is 8.49. The second kappa shape index (κ2) is 10.6. The van der Waals surface area contributed by atoms with Gasteiger partial charge in [0.05, 0.1) is 0 Å². The Hall–Kier alpha value is -1.68. The summed E-state index contributed by atoms with van der Waals surface area (Å²) in [6.07, 6.45) is 1.36. The molecule has 0 bridgehead atoms. The van der Waals surface area contributed by atoms with E-state index in [1.165, 1.54) is 22.6 Å². The van der Waals surface area contributed by atoms with Crippen molar-refractivity contribution in [2.24, 2.45) is 4.99 Å². The molecule has 0 spiro atoms. The predicted octanol–water partition coefficient (Wildman–Crippen LogP) is 3.15. The Labute approximate surface area is 180 Å². The molecule has 0 radical (unpaired) electrons. The average Bonchev–Trinajstić information content (AvgIpc) is 3.12. The molecule has 8 heteroatoms. The molecule has 0 saturated carbocycles. The third kappa shape index (κ3) is 6.17. The van der Waals surface area contributed by atoms with Crippen LogP contribution < -0.4 is 10.6 Å². The minimum Gasteiger partial charge on any atom is -0.356 e. The normalized spacial score (nSPS) is 13.6. The molecule has 0 saturated heterocycles. The van der Waals surface area contributed by atoms with E-state index in [1.54, 1.807) is 24.5 Å². The number of nitrogens with one attached hydrogen (secondary N) is 2. The van der Waals surface area contributed by atoms with Crippen LogP contribution in [0.2, 0.25) is 0 Å². The smallest absolute Gasteiger partial charge is 0.224 e. The van der Waals surface area contributed by atoms with Gasteiger partial charge in [0.25, 0.3) is 0 Å². The SMILES string of the molecule is CN=C(NCCC(=O)N1CCc2sccc2C1)NCc1cccc(F)c1.I. The largest absolute Gasteiger partial charge is 0.356 e. The lowest BCUT2D eigenvalue weighted by Crippen LogP contribution is -2.40. The molecule has 2 N–H and O–H groups in total. The lowest BCUT2D eigenvalue weighted by Gasteiger charge is -2.27. The molecule has 0 atom stereocenters. The monoisotopic (exact) mass is 502 g/mol. The molecule has 1 aromatic heterocycles. The van der Waals surface area contributed by atoms with Gasteiger partial charge in [-0.15, -0.1) is 35.3 Å². The van der Waals surface area contributed by atoms with Crippen LogP contribution in [-0.4, -0.2) is 36.9 Å². The molecular weight excluding hydrogens is 478 g/mol. The van der Waals surface area contributed by atoms with E-state index in [0.29, 0.717) is 32.0 Å². The van der Waals surface area contributed by atoms with Gasteiger partial charge in [-0.05, 0) is 41.1 Å². The van der Waals surface area contributed by atoms with Crippen LogP contribution >= 0.6 is 35.3 Å². The third-order valence-corrected chi connectivity index (χ3v) is 5.39. The van der Waals surface area contributed by atoms with E-state index in [2.05, 4.69) is 27.1 Å². The maximum atomic E-state index is 13.2. The maximum absolute atomic E-state index is 13.2. The van der Waals surface area contributed by atoms with Crippen molar-refractivity contribution in [2.75, 3.05) is 20.1 Å². The van der Waals surface area contributed by atoms with E-state index in [1.807, 2.05) is 11.0 Å². The van der Waals surface area contributed by atoms with Crippen molar-refractivity contribution in [3.8, 4) is 0 Å². The maximum Gasteiger partial charge on any atom is 0.224 e. The van der Waals surface area contributed by atoms with Crippen LogP contribution in [0, 0.1) is 5.82 Å². The number of thiophene rings is 1. The van der Waals surface area contributed by atoms with Gasteiger partial charge in [-0.25, -0.2) is 4.39 Å². The molecule has 1 aliphatic rings. The minimum absolute atomic E-state index is 0. The first-order valence-electron chi connectivity index (χ1n) is 8.67. The number of aliphatic imine (C=N–C) groups is 1. The number of fused-ring (bicyclic) bond motifs is 1. The Morgan fingerprint density at radius 2 is 2.19 bits per heavy atom. The zero-order valence-electron chi connectivity index (χ0n) is 15.2. The van der Waals surface area contributed by atoms with Crippen molar-refractivity contribution in [2.45, 2.75) is 25.9 Å². The van der Waals surface area contributed by atoms with Crippen LogP contribution in [0.5, 0.6) is 0 Å². The highest BCUT2D eigenvalue weighted by Crippen LogP contribution is 2.24. The van der Waals surface area contributed by atoms with Crippen molar-refractivity contribution >= 4 is 47.2 Å². The van der Waals surface area contributed by atoms with Crippen LogP contribution in [0.4, 0.5) is 4.39 Å². The second-order valence-corrected chi connectivity index (χ2v) is 7.17. The molecule has 2 heterocycles. The molecular formula is C19H24FIN4OS. The molecule has 27 heavy (non-hydrogen) atoms. The number of rotatable bonds is 5. The third-order valence-electron chi connectivity index (χ3n) is 4.36. The van der Waals surface area contributed by atoms with Gasteiger partial charge in [-0.3, -0.25) is 9.79 Å². The molecule has 2 aromatic rings. The molecule has 0 unspecified atom stereocenters. The molecule has 0 aliphatic carbocycles. The summed E-state index contributed by atoms with van der Waals surface area (Å²) in [7, 11) is 1.67. The first-order chi connectivity index (χ1) is 12.7. The van der Waals surface area contributed by atoms with E-state index >= 15 is 0 Å². The fraction of sp³-hybridized carbons (Fsp3) is 0.368. The van der Waals surface area contributed by atoms with Gasteiger partial charge in [0.2, 0.25) is 5.91 Å². The molecule has 1 aliphatic heterocycles. The van der Waals surface area contributed by atoms with Gasteiger partial charge in [0, 0.05) is 44.5 Å². The fourth-order valence-corrected chi connectivity index (χ4v) is 3.85. The van der Waals surface area contributed by atoms with Crippen LogP contribution in [0.1, 0.15) is 22.4 Å². The van der Waals surface area contributed by atoms with Gasteiger partial charge in [-0.2, -0.15) is 0 Å². The highest BCUT2D eigenvalue weighted by Gasteiger charge is 2.20. The molecule has 146 valence electrons. The van der Waals surface area contributed by atoms with E-state index in [-0.39, 0.29) is 35.7 Å². The van der Waals surface area contributed by atoms with Crippen molar-refractivity contribution in [3.05, 3.63) is 57.5 Å². The van der Waals surface area contributed by atoms with Crippen molar-refractivity contribution in [1.29, 1.82) is 0 Å². The highest BCUT2D eigenvalue weighted by atomic mass is 127. The number of hydrogen-bond acceptors (Lipinski definition) is 3. The molecule has 5 nitrogen and oxygen atoms in total. The Bertz CT molecular complexity index is 796. The minimum atomic E-state index is -0.256. The van der Waals surface area contributed by atoms with Crippen molar-refractivity contribution in [3.63, 3.8) is 0 Å². The Morgan fingerprint density at radius 3 is 2.96 bits per heavy atom. The summed E-state index contributed by atoms with van der Waals surface area (Å²) in [5, 5.41) is 8.35. The number of carbonyl (C=O) groups excluding carboxylic acids is 1. The second-order valence-electron chi connectivity index (χ2n) is 6.17. The van der Waals surface area contributed by atoms with Gasteiger partial charge < -0.3 is 15.5 Å². The summed E-state index contributed by atoms with van der Waals surface area (Å²) in [6.45, 7) is 2.48. The lowest BCUT2D eigenvalue weighted by molar-refractivity contribution is -0.131. The van der Waals surface area contributed by atoms with Gasteiger partial charge >= 0.3 is 0 Å². The summed E-state index contributed by atoms with van der Waals surface area (Å²) >= 11 is 1.77. The molecule has 0 fully saturated rings. The topological polar surface area (TPSA) is 56.7 Å². The van der Waals surface area contributed by atoms with Crippen LogP contribution in [0.3, 0.4) is 0 Å². The summed E-state index contributed by atoms with van der Waals surface area (Å²) in [5.41, 5.74) is 2.11. The quantitative estimate of drug-likeness (QED) is 0.376. The first-order valence-corrected chi connectivity index (χ1v) is 9.55. The Balaban J connectivity index is 0.00000261. The summed E-state index contributed by atoms with van der Waals surface area (Å²) in [4.78, 5) is 19.9. The number of carbonyl (C=O) groups is 1. The van der Waals surface area contributed by atoms with E-state index in [4.69, 9.17) is 0 Å². The van der Waals surface area contributed by atoms with Gasteiger partial charge in [0.1, 0.15) is 5.82 Å². The average molecular weight is 502 g/mol. The van der Waals surface area contributed by atoms with E-state index < -0.39 is 0 Å². The highest BCUT2D eigenvalue weighted by molar-refractivity contribution is 14.0. The summed E-state index contributed by atoms with van der Waals surface area (Å²) in [5.74, 6) is 0.490. The van der Waals surface area contributed by atoms with Crippen LogP contribution in [0.15, 0.2) is 40.7 Å². The van der Waals surface area contributed by atoms with E-state index in [9.17, 15) is 9.18 Å². The summed E-state index contributed by atoms with van der Waals surface area (Å²) < 4.78 is 13.2. The molecule has 1 amide bonds. The molecule has 3 rings (SSSR count). The number of benzene rings is 1. The first kappa shape index (κ1) is 21.6. The number of hydrogen-bond donors (Lipinski definition) is 2. The van der Waals surface area contributed by atoms with Crippen molar-refractivity contribution < 1.29 is 9.18 Å². The van der Waals surface area contributed by atoms with Crippen molar-refractivity contribution in [1.82, 2.24) is 15.5 Å². The number of nitrogens with zero attached hydrogens (tertiary/aromatic N) is 2. The molecule has 1 aromatic carbocycles. The lowest BCUT2D eigenvalue weighted by atomic mass is 10.1. The predicted molar refractivity (Wildman–Crippen MR) is 118 cm³/mol. The standard InChI is InChI=1S/C19H23FN4OS.HI/c1-21-19(23-12-14-3-2-4-16(20)11-14)22-8-5-18(25)24-9-6-17-15(13-24)7-10-26-17;/h2-4,7,10-11H,5-6,8-9,12-13H2,1H3,(H2,21,22,23);1H. The van der Waals surface area contributed by atoms with Gasteiger partial charge in [-0.1, -0.05) is 12.1 Å². The summed E-state index contributed by atoms with van der Waals surface area (Å²) in [6, 6.07) is 8.54.